The second kappa shape index (κ2) is 6.35. The molecule has 0 bridgehead atoms. The molecule has 1 atom stereocenters. The van der Waals surface area contributed by atoms with Gasteiger partial charge in [0, 0.05) is 22.8 Å². The van der Waals surface area contributed by atoms with Gasteiger partial charge in [-0.15, -0.1) is 0 Å². The van der Waals surface area contributed by atoms with Gasteiger partial charge in [-0.2, -0.15) is 0 Å². The fraction of sp³-hybridized carbons (Fsp3) is 0.150. The molecule has 0 saturated carbocycles. The molecule has 0 radical (unpaired) electrons. The van der Waals surface area contributed by atoms with Gasteiger partial charge >= 0.3 is 0 Å². The lowest BCUT2D eigenvalue weighted by atomic mass is 10.1. The number of anilines is 2. The molecule has 0 aliphatic carbocycles. The second-order valence-corrected chi connectivity index (χ2v) is 6.39. The quantitative estimate of drug-likeness (QED) is 0.726. The number of hydrogen-bond acceptors (Lipinski definition) is 4. The van der Waals surface area contributed by atoms with Crippen LogP contribution in [0.3, 0.4) is 0 Å². The molecule has 136 valence electrons. The molecule has 2 aromatic carbocycles. The molecule has 1 unspecified atom stereocenters. The first-order valence-electron chi connectivity index (χ1n) is 8.40. The van der Waals surface area contributed by atoms with Crippen LogP contribution in [0, 0.1) is 12.7 Å². The molecule has 6 nitrogen and oxygen atoms in total. The third kappa shape index (κ3) is 3.19. The highest BCUT2D eigenvalue weighted by Gasteiger charge is 2.24. The Morgan fingerprint density at radius 3 is 2.85 bits per heavy atom. The number of amides is 2. The van der Waals surface area contributed by atoms with Crippen molar-refractivity contribution >= 4 is 34.1 Å². The predicted octanol–water partition coefficient (Wildman–Crippen LogP) is 3.65. The summed E-state index contributed by atoms with van der Waals surface area (Å²) in [7, 11) is 0. The summed E-state index contributed by atoms with van der Waals surface area (Å²) in [5.41, 5.74) is 2.42. The molecule has 27 heavy (non-hydrogen) atoms. The van der Waals surface area contributed by atoms with Gasteiger partial charge in [-0.3, -0.25) is 14.6 Å². The number of carbonyl (C=O) groups is 2. The van der Waals surface area contributed by atoms with Gasteiger partial charge in [0.25, 0.3) is 11.8 Å². The van der Waals surface area contributed by atoms with Crippen molar-refractivity contribution in [1.29, 1.82) is 0 Å². The van der Waals surface area contributed by atoms with Gasteiger partial charge in [0.05, 0.1) is 16.8 Å². The largest absolute Gasteiger partial charge is 0.479 e. The molecule has 1 aliphatic rings. The third-order valence-corrected chi connectivity index (χ3v) is 4.31. The van der Waals surface area contributed by atoms with Crippen molar-refractivity contribution in [3.8, 4) is 5.75 Å². The van der Waals surface area contributed by atoms with Crippen LogP contribution in [-0.4, -0.2) is 22.9 Å². The first-order valence-corrected chi connectivity index (χ1v) is 8.40. The molecular weight excluding hydrogens is 349 g/mol. The van der Waals surface area contributed by atoms with Gasteiger partial charge in [0.15, 0.2) is 6.10 Å². The van der Waals surface area contributed by atoms with E-state index in [-0.39, 0.29) is 11.8 Å². The molecule has 0 spiro atoms. The summed E-state index contributed by atoms with van der Waals surface area (Å²) in [5.74, 6) is -0.468. The average molecular weight is 365 g/mol. The van der Waals surface area contributed by atoms with Gasteiger partial charge in [0.2, 0.25) is 0 Å². The predicted molar refractivity (Wildman–Crippen MR) is 99.6 cm³/mol. The standard InChI is InChI=1S/C20H16FN3O3/c1-10-7-15(14-5-3-12(21)8-16(14)22-10)20(26)23-13-4-6-18-17(9-13)24-19(25)11(2)27-18/h3-9,11H,1-2H3,(H,23,26)(H,24,25). The molecule has 1 aliphatic heterocycles. The molecule has 2 heterocycles. The number of fused-ring (bicyclic) bond motifs is 2. The number of ether oxygens (including phenoxy) is 1. The SMILES string of the molecule is Cc1cc(C(=O)Nc2ccc3c(c2)NC(=O)C(C)O3)c2ccc(F)cc2n1. The normalized spacial score (nSPS) is 15.7. The van der Waals surface area contributed by atoms with Crippen LogP contribution in [0.1, 0.15) is 23.0 Å². The zero-order valence-corrected chi connectivity index (χ0v) is 14.7. The van der Waals surface area contributed by atoms with E-state index in [1.807, 2.05) is 0 Å². The van der Waals surface area contributed by atoms with Crippen molar-refractivity contribution in [2.45, 2.75) is 20.0 Å². The van der Waals surface area contributed by atoms with Gasteiger partial charge in [0.1, 0.15) is 11.6 Å². The summed E-state index contributed by atoms with van der Waals surface area (Å²) in [4.78, 5) is 28.8. The molecular formula is C20H16FN3O3. The van der Waals surface area contributed by atoms with Gasteiger partial charge in [-0.25, -0.2) is 4.39 Å². The highest BCUT2D eigenvalue weighted by Crippen LogP contribution is 2.32. The van der Waals surface area contributed by atoms with Crippen LogP contribution in [0.4, 0.5) is 15.8 Å². The Balaban J connectivity index is 1.66. The first-order chi connectivity index (χ1) is 12.9. The van der Waals surface area contributed by atoms with E-state index in [0.29, 0.717) is 39.3 Å². The van der Waals surface area contributed by atoms with E-state index in [1.54, 1.807) is 38.1 Å². The fourth-order valence-electron chi connectivity index (χ4n) is 3.01. The maximum absolute atomic E-state index is 13.5. The van der Waals surface area contributed by atoms with Crippen LogP contribution >= 0.6 is 0 Å². The van der Waals surface area contributed by atoms with Crippen molar-refractivity contribution < 1.29 is 18.7 Å². The molecule has 4 rings (SSSR count). The van der Waals surface area contributed by atoms with Crippen molar-refractivity contribution in [2.24, 2.45) is 0 Å². The van der Waals surface area contributed by atoms with Crippen LogP contribution in [0.5, 0.6) is 5.75 Å². The molecule has 2 N–H and O–H groups in total. The van der Waals surface area contributed by atoms with E-state index < -0.39 is 11.9 Å². The topological polar surface area (TPSA) is 80.3 Å². The van der Waals surface area contributed by atoms with Crippen LogP contribution in [0.25, 0.3) is 10.9 Å². The van der Waals surface area contributed by atoms with Crippen molar-refractivity contribution in [1.82, 2.24) is 4.98 Å². The summed E-state index contributed by atoms with van der Waals surface area (Å²) in [5, 5.41) is 6.10. The number of aromatic nitrogens is 1. The molecule has 3 aromatic rings. The summed E-state index contributed by atoms with van der Waals surface area (Å²) in [6.45, 7) is 3.40. The Kier molecular flexibility index (Phi) is 3.99. The lowest BCUT2D eigenvalue weighted by Crippen LogP contribution is -2.34. The van der Waals surface area contributed by atoms with Crippen LogP contribution < -0.4 is 15.4 Å². The van der Waals surface area contributed by atoms with Crippen LogP contribution in [0.2, 0.25) is 0 Å². The lowest BCUT2D eigenvalue weighted by molar-refractivity contribution is -0.122. The Labute approximate surface area is 154 Å². The minimum absolute atomic E-state index is 0.247. The van der Waals surface area contributed by atoms with Crippen LogP contribution in [0.15, 0.2) is 42.5 Å². The average Bonchev–Trinajstić information content (AvgIpc) is 2.61. The number of nitrogens with one attached hydrogen (secondary N) is 2. The Hall–Kier alpha value is -3.48. The second-order valence-electron chi connectivity index (χ2n) is 6.39. The summed E-state index contributed by atoms with van der Waals surface area (Å²) in [6, 6.07) is 10.8. The smallest absolute Gasteiger partial charge is 0.265 e. The van der Waals surface area contributed by atoms with E-state index in [2.05, 4.69) is 15.6 Å². The molecule has 0 saturated heterocycles. The monoisotopic (exact) mass is 365 g/mol. The van der Waals surface area contributed by atoms with Gasteiger partial charge in [-0.1, -0.05) is 0 Å². The fourth-order valence-corrected chi connectivity index (χ4v) is 3.01. The number of halogens is 1. The van der Waals surface area contributed by atoms with Gasteiger partial charge < -0.3 is 15.4 Å². The number of nitrogens with zero attached hydrogens (tertiary/aromatic N) is 1. The summed E-state index contributed by atoms with van der Waals surface area (Å²) >= 11 is 0. The number of benzene rings is 2. The number of aryl methyl sites for hydroxylation is 1. The van der Waals surface area contributed by atoms with E-state index in [0.717, 1.165) is 0 Å². The molecule has 7 heteroatoms. The summed E-state index contributed by atoms with van der Waals surface area (Å²) in [6.07, 6.45) is -0.565. The minimum atomic E-state index is -0.565. The zero-order valence-electron chi connectivity index (χ0n) is 14.7. The Morgan fingerprint density at radius 1 is 1.22 bits per heavy atom. The van der Waals surface area contributed by atoms with E-state index >= 15 is 0 Å². The lowest BCUT2D eigenvalue weighted by Gasteiger charge is -2.23. The van der Waals surface area contributed by atoms with Crippen molar-refractivity contribution in [3.63, 3.8) is 0 Å². The number of rotatable bonds is 2. The number of carbonyl (C=O) groups excluding carboxylic acids is 2. The van der Waals surface area contributed by atoms with E-state index in [9.17, 15) is 14.0 Å². The zero-order chi connectivity index (χ0) is 19.1. The van der Waals surface area contributed by atoms with Crippen molar-refractivity contribution in [3.05, 3.63) is 59.5 Å². The number of hydrogen-bond donors (Lipinski definition) is 2. The molecule has 0 fully saturated rings. The highest BCUT2D eigenvalue weighted by atomic mass is 19.1. The minimum Gasteiger partial charge on any atom is -0.479 e. The maximum atomic E-state index is 13.5. The van der Waals surface area contributed by atoms with E-state index in [4.69, 9.17) is 4.74 Å². The first kappa shape index (κ1) is 17.0. The van der Waals surface area contributed by atoms with Crippen molar-refractivity contribution in [2.75, 3.05) is 10.6 Å². The van der Waals surface area contributed by atoms with Gasteiger partial charge in [-0.05, 0) is 50.2 Å². The van der Waals surface area contributed by atoms with E-state index in [1.165, 1.54) is 18.2 Å². The number of pyridine rings is 1. The molecule has 2 amide bonds. The molecule has 1 aromatic heterocycles. The Morgan fingerprint density at radius 2 is 2.04 bits per heavy atom. The Bertz CT molecular complexity index is 1090. The third-order valence-electron chi connectivity index (χ3n) is 4.31. The summed E-state index contributed by atoms with van der Waals surface area (Å²) < 4.78 is 19.0. The highest BCUT2D eigenvalue weighted by molar-refractivity contribution is 6.12. The maximum Gasteiger partial charge on any atom is 0.265 e. The van der Waals surface area contributed by atoms with Crippen LogP contribution in [-0.2, 0) is 4.79 Å².